The highest BCUT2D eigenvalue weighted by Gasteiger charge is 2.19. The van der Waals surface area contributed by atoms with Crippen molar-refractivity contribution in [1.29, 1.82) is 5.26 Å². The number of carboxylic acids is 1. The fourth-order valence-corrected chi connectivity index (χ4v) is 1.84. The van der Waals surface area contributed by atoms with Crippen LogP contribution in [0.5, 0.6) is 0 Å². The van der Waals surface area contributed by atoms with Crippen LogP contribution in [-0.2, 0) is 10.0 Å². The van der Waals surface area contributed by atoms with Crippen molar-refractivity contribution in [3.05, 3.63) is 29.3 Å². The summed E-state index contributed by atoms with van der Waals surface area (Å²) in [4.78, 5) is 10.7. The first-order valence-corrected chi connectivity index (χ1v) is 6.02. The largest absolute Gasteiger partial charge is 0.478 e. The molecule has 0 unspecified atom stereocenters. The first-order valence-electron chi connectivity index (χ1n) is 4.36. The van der Waals surface area contributed by atoms with Crippen LogP contribution in [0.1, 0.15) is 10.4 Å². The summed E-state index contributed by atoms with van der Waals surface area (Å²) in [5.74, 6) is -5.40. The van der Waals surface area contributed by atoms with E-state index in [9.17, 15) is 22.0 Å². The highest BCUT2D eigenvalue weighted by Crippen LogP contribution is 2.21. The molecular formula is C9H6F2N2O4S. The molecule has 0 atom stereocenters. The molecule has 2 N–H and O–H groups in total. The Morgan fingerprint density at radius 2 is 1.94 bits per heavy atom. The van der Waals surface area contributed by atoms with Crippen LogP contribution < -0.4 is 4.72 Å². The second kappa shape index (κ2) is 4.97. The molecule has 9 heteroatoms. The van der Waals surface area contributed by atoms with Crippen LogP contribution in [0.25, 0.3) is 0 Å². The van der Waals surface area contributed by atoms with Gasteiger partial charge in [-0.2, -0.15) is 5.26 Å². The summed E-state index contributed by atoms with van der Waals surface area (Å²) < 4.78 is 49.9. The van der Waals surface area contributed by atoms with Crippen LogP contribution in [0.2, 0.25) is 0 Å². The lowest BCUT2D eigenvalue weighted by atomic mass is 10.2. The fourth-order valence-electron chi connectivity index (χ4n) is 1.10. The summed E-state index contributed by atoms with van der Waals surface area (Å²) in [5, 5.41) is 17.0. The maximum absolute atomic E-state index is 12.9. The first-order chi connectivity index (χ1) is 8.26. The number of sulfonamides is 1. The molecule has 0 aliphatic heterocycles. The fraction of sp³-hybridized carbons (Fsp3) is 0.111. The van der Waals surface area contributed by atoms with Crippen molar-refractivity contribution in [3.63, 3.8) is 0 Å². The van der Waals surface area contributed by atoms with Gasteiger partial charge in [-0.3, -0.25) is 4.72 Å². The van der Waals surface area contributed by atoms with Crippen LogP contribution in [0, 0.1) is 23.0 Å². The molecule has 96 valence electrons. The van der Waals surface area contributed by atoms with Gasteiger partial charge in [-0.15, -0.1) is 0 Å². The average Bonchev–Trinajstić information content (AvgIpc) is 2.22. The van der Waals surface area contributed by atoms with Crippen LogP contribution in [0.15, 0.2) is 12.1 Å². The number of hydrogen-bond acceptors (Lipinski definition) is 4. The third-order valence-electron chi connectivity index (χ3n) is 1.81. The summed E-state index contributed by atoms with van der Waals surface area (Å²) >= 11 is 0. The second-order valence-corrected chi connectivity index (χ2v) is 4.86. The zero-order chi connectivity index (χ0) is 13.9. The molecule has 0 aliphatic rings. The summed E-state index contributed by atoms with van der Waals surface area (Å²) in [7, 11) is -4.13. The Bertz CT molecular complexity index is 637. The van der Waals surface area contributed by atoms with Crippen molar-refractivity contribution >= 4 is 21.7 Å². The maximum Gasteiger partial charge on any atom is 0.337 e. The topological polar surface area (TPSA) is 107 Å². The zero-order valence-corrected chi connectivity index (χ0v) is 9.46. The molecule has 0 fully saturated rings. The Morgan fingerprint density at radius 1 is 1.39 bits per heavy atom. The Labute approximate surface area is 101 Å². The van der Waals surface area contributed by atoms with Gasteiger partial charge in [-0.1, -0.05) is 0 Å². The molecule has 0 radical (unpaired) electrons. The number of hydrogen-bond donors (Lipinski definition) is 2. The molecule has 6 nitrogen and oxygen atoms in total. The minimum atomic E-state index is -4.13. The van der Waals surface area contributed by atoms with Crippen molar-refractivity contribution in [1.82, 2.24) is 0 Å². The Balaban J connectivity index is 3.29. The number of halogens is 2. The molecule has 0 saturated heterocycles. The molecule has 0 bridgehead atoms. The lowest BCUT2D eigenvalue weighted by Crippen LogP contribution is -2.18. The molecule has 0 heterocycles. The summed E-state index contributed by atoms with van der Waals surface area (Å²) in [6.07, 6.45) is 0. The maximum atomic E-state index is 12.9. The Kier molecular flexibility index (Phi) is 3.82. The molecule has 0 spiro atoms. The average molecular weight is 276 g/mol. The van der Waals surface area contributed by atoms with Gasteiger partial charge in [0.15, 0.2) is 17.4 Å². The van der Waals surface area contributed by atoms with Crippen LogP contribution in [0.3, 0.4) is 0 Å². The molecule has 0 aliphatic carbocycles. The highest BCUT2D eigenvalue weighted by atomic mass is 32.2. The number of anilines is 1. The third kappa shape index (κ3) is 3.14. The van der Waals surface area contributed by atoms with E-state index in [0.717, 1.165) is 0 Å². The summed E-state index contributed by atoms with van der Waals surface area (Å²) in [5.41, 5.74) is -1.40. The van der Waals surface area contributed by atoms with Gasteiger partial charge in [0.05, 0.1) is 17.3 Å². The van der Waals surface area contributed by atoms with Gasteiger partial charge in [-0.05, 0) is 6.07 Å². The third-order valence-corrected chi connectivity index (χ3v) is 2.85. The van der Waals surface area contributed by atoms with E-state index < -0.39 is 44.6 Å². The second-order valence-electron chi connectivity index (χ2n) is 3.14. The van der Waals surface area contributed by atoms with Crippen molar-refractivity contribution in [2.75, 3.05) is 10.5 Å². The van der Waals surface area contributed by atoms with Gasteiger partial charge in [0.1, 0.15) is 0 Å². The number of rotatable bonds is 4. The molecule has 1 aromatic rings. The van der Waals surface area contributed by atoms with Crippen molar-refractivity contribution in [2.24, 2.45) is 0 Å². The van der Waals surface area contributed by atoms with Gasteiger partial charge >= 0.3 is 5.97 Å². The number of benzene rings is 1. The normalized spacial score (nSPS) is 10.7. The van der Waals surface area contributed by atoms with Crippen molar-refractivity contribution in [3.8, 4) is 6.07 Å². The van der Waals surface area contributed by atoms with Gasteiger partial charge in [-0.25, -0.2) is 22.0 Å². The number of aromatic carboxylic acids is 1. The van der Waals surface area contributed by atoms with E-state index in [2.05, 4.69) is 0 Å². The predicted octanol–water partition coefficient (Wildman–Crippen LogP) is 0.928. The quantitative estimate of drug-likeness (QED) is 0.850. The van der Waals surface area contributed by atoms with Crippen LogP contribution in [-0.4, -0.2) is 25.2 Å². The van der Waals surface area contributed by atoms with Crippen LogP contribution in [0.4, 0.5) is 14.5 Å². The van der Waals surface area contributed by atoms with E-state index in [-0.39, 0.29) is 0 Å². The molecule has 18 heavy (non-hydrogen) atoms. The number of carbonyl (C=O) groups is 1. The molecule has 0 saturated carbocycles. The van der Waals surface area contributed by atoms with Gasteiger partial charge in [0, 0.05) is 6.07 Å². The van der Waals surface area contributed by atoms with E-state index in [1.807, 2.05) is 0 Å². The van der Waals surface area contributed by atoms with E-state index in [1.165, 1.54) is 6.07 Å². The van der Waals surface area contributed by atoms with Crippen molar-refractivity contribution in [2.45, 2.75) is 0 Å². The summed E-state index contributed by atoms with van der Waals surface area (Å²) in [6, 6.07) is 2.08. The lowest BCUT2D eigenvalue weighted by Gasteiger charge is -2.09. The summed E-state index contributed by atoms with van der Waals surface area (Å²) in [6.45, 7) is 0. The number of nitriles is 1. The monoisotopic (exact) mass is 276 g/mol. The van der Waals surface area contributed by atoms with E-state index >= 15 is 0 Å². The molecular weight excluding hydrogens is 270 g/mol. The Hall–Kier alpha value is -2.21. The van der Waals surface area contributed by atoms with Gasteiger partial charge < -0.3 is 5.11 Å². The highest BCUT2D eigenvalue weighted by molar-refractivity contribution is 7.92. The molecule has 1 rings (SSSR count). The standard InChI is InChI=1S/C9H6F2N2O4S/c10-6-3-5(9(14)15)8(4-7(6)11)13-18(16,17)2-1-12/h3-4,13H,2H2,(H,14,15). The first kappa shape index (κ1) is 13.9. The predicted molar refractivity (Wildman–Crippen MR) is 56.3 cm³/mol. The van der Waals surface area contributed by atoms with Crippen LogP contribution >= 0.6 is 0 Å². The van der Waals surface area contributed by atoms with E-state index in [4.69, 9.17) is 10.4 Å². The molecule has 0 amide bonds. The molecule has 1 aromatic carbocycles. The van der Waals surface area contributed by atoms with E-state index in [0.29, 0.717) is 12.1 Å². The number of nitrogens with one attached hydrogen (secondary N) is 1. The lowest BCUT2D eigenvalue weighted by molar-refractivity contribution is 0.0697. The Morgan fingerprint density at radius 3 is 2.44 bits per heavy atom. The number of nitrogens with zero attached hydrogens (tertiary/aromatic N) is 1. The zero-order valence-electron chi connectivity index (χ0n) is 8.65. The SMILES string of the molecule is N#CCS(=O)(=O)Nc1cc(F)c(F)cc1C(=O)O. The van der Waals surface area contributed by atoms with E-state index in [1.54, 1.807) is 4.72 Å². The molecule has 0 aromatic heterocycles. The number of carboxylic acid groups (broad SMARTS) is 1. The minimum Gasteiger partial charge on any atom is -0.478 e. The smallest absolute Gasteiger partial charge is 0.337 e. The van der Waals surface area contributed by atoms with Crippen molar-refractivity contribution < 1.29 is 27.1 Å². The van der Waals surface area contributed by atoms with Gasteiger partial charge in [0.25, 0.3) is 0 Å². The van der Waals surface area contributed by atoms with Gasteiger partial charge in [0.2, 0.25) is 10.0 Å². The minimum absolute atomic E-state index is 0.349.